The van der Waals surface area contributed by atoms with Crippen molar-refractivity contribution >= 4 is 17.6 Å². The van der Waals surface area contributed by atoms with Gasteiger partial charge in [-0.3, -0.25) is 14.6 Å². The lowest BCUT2D eigenvalue weighted by Crippen LogP contribution is -2.32. The van der Waals surface area contributed by atoms with Crippen LogP contribution in [-0.4, -0.2) is 41.6 Å². The van der Waals surface area contributed by atoms with Crippen LogP contribution in [0.2, 0.25) is 0 Å². The predicted octanol–water partition coefficient (Wildman–Crippen LogP) is 1.52. The Hall–Kier alpha value is -2.11. The first kappa shape index (κ1) is 15.9. The van der Waals surface area contributed by atoms with Crippen molar-refractivity contribution in [2.45, 2.75) is 32.7 Å². The van der Waals surface area contributed by atoms with E-state index in [0.717, 1.165) is 5.69 Å². The number of aromatic nitrogens is 1. The standard InChI is InChI=1S/C14H21N3O3/c1-10(2)17(8-4-5-13(18)19)11-6-7-16-12(9-11)14(20)15-3/h6-7,9-10H,4-5,8H2,1-3H3,(H,15,20)(H,18,19). The molecule has 2 N–H and O–H groups in total. The number of carbonyl (C=O) groups is 2. The Morgan fingerprint density at radius 2 is 2.15 bits per heavy atom. The van der Waals surface area contributed by atoms with Crippen LogP contribution in [0.4, 0.5) is 5.69 Å². The Balaban J connectivity index is 2.86. The van der Waals surface area contributed by atoms with Gasteiger partial charge < -0.3 is 15.3 Å². The van der Waals surface area contributed by atoms with Gasteiger partial charge in [-0.15, -0.1) is 0 Å². The molecule has 0 aliphatic rings. The molecule has 6 nitrogen and oxygen atoms in total. The van der Waals surface area contributed by atoms with E-state index in [2.05, 4.69) is 15.2 Å². The molecule has 1 amide bonds. The van der Waals surface area contributed by atoms with Crippen molar-refractivity contribution in [1.82, 2.24) is 10.3 Å². The highest BCUT2D eigenvalue weighted by Crippen LogP contribution is 2.18. The minimum Gasteiger partial charge on any atom is -0.481 e. The minimum atomic E-state index is -0.797. The number of hydrogen-bond donors (Lipinski definition) is 2. The second kappa shape index (κ2) is 7.47. The molecule has 0 bridgehead atoms. The van der Waals surface area contributed by atoms with Gasteiger partial charge in [0.05, 0.1) is 0 Å². The first-order chi connectivity index (χ1) is 9.45. The Morgan fingerprint density at radius 3 is 2.70 bits per heavy atom. The van der Waals surface area contributed by atoms with E-state index >= 15 is 0 Å². The summed E-state index contributed by atoms with van der Waals surface area (Å²) >= 11 is 0. The first-order valence-corrected chi connectivity index (χ1v) is 6.62. The van der Waals surface area contributed by atoms with E-state index in [-0.39, 0.29) is 18.4 Å². The smallest absolute Gasteiger partial charge is 0.303 e. The molecule has 0 atom stereocenters. The number of carbonyl (C=O) groups excluding carboxylic acids is 1. The van der Waals surface area contributed by atoms with Crippen molar-refractivity contribution in [1.29, 1.82) is 0 Å². The molecule has 0 saturated heterocycles. The minimum absolute atomic E-state index is 0.136. The highest BCUT2D eigenvalue weighted by Gasteiger charge is 2.13. The Labute approximate surface area is 118 Å². The molecule has 0 spiro atoms. The fourth-order valence-electron chi connectivity index (χ4n) is 1.94. The molecule has 0 unspecified atom stereocenters. The maximum atomic E-state index is 11.6. The summed E-state index contributed by atoms with van der Waals surface area (Å²) in [5.74, 6) is -1.03. The number of pyridine rings is 1. The third-order valence-corrected chi connectivity index (χ3v) is 2.95. The molecule has 0 radical (unpaired) electrons. The molecule has 1 rings (SSSR count). The number of amides is 1. The van der Waals surface area contributed by atoms with E-state index in [0.29, 0.717) is 18.7 Å². The van der Waals surface area contributed by atoms with Crippen LogP contribution in [0.1, 0.15) is 37.2 Å². The number of rotatable bonds is 7. The lowest BCUT2D eigenvalue weighted by Gasteiger charge is -2.29. The van der Waals surface area contributed by atoms with Gasteiger partial charge in [0.25, 0.3) is 5.91 Å². The molecule has 1 aromatic rings. The highest BCUT2D eigenvalue weighted by molar-refractivity contribution is 5.92. The number of hydrogen-bond acceptors (Lipinski definition) is 4. The van der Waals surface area contributed by atoms with E-state index in [1.807, 2.05) is 19.9 Å². The highest BCUT2D eigenvalue weighted by atomic mass is 16.4. The first-order valence-electron chi connectivity index (χ1n) is 6.62. The van der Waals surface area contributed by atoms with Crippen molar-refractivity contribution in [3.05, 3.63) is 24.0 Å². The van der Waals surface area contributed by atoms with E-state index in [1.54, 1.807) is 19.3 Å². The van der Waals surface area contributed by atoms with Gasteiger partial charge in [0.2, 0.25) is 0 Å². The molecule has 1 aromatic heterocycles. The van der Waals surface area contributed by atoms with Gasteiger partial charge >= 0.3 is 5.97 Å². The van der Waals surface area contributed by atoms with Crippen LogP contribution in [-0.2, 0) is 4.79 Å². The molecule has 6 heteroatoms. The van der Waals surface area contributed by atoms with Gasteiger partial charge in [0, 0.05) is 37.9 Å². The second-order valence-electron chi connectivity index (χ2n) is 4.76. The monoisotopic (exact) mass is 279 g/mol. The zero-order valence-corrected chi connectivity index (χ0v) is 12.1. The third kappa shape index (κ3) is 4.53. The van der Waals surface area contributed by atoms with E-state index in [4.69, 9.17) is 5.11 Å². The summed E-state index contributed by atoms with van der Waals surface area (Å²) in [5, 5.41) is 11.2. The number of anilines is 1. The van der Waals surface area contributed by atoms with Crippen molar-refractivity contribution in [3.8, 4) is 0 Å². The molecule has 20 heavy (non-hydrogen) atoms. The summed E-state index contributed by atoms with van der Waals surface area (Å²) in [6.45, 7) is 4.68. The van der Waals surface area contributed by atoms with Gasteiger partial charge in [0.1, 0.15) is 5.69 Å². The quantitative estimate of drug-likeness (QED) is 0.790. The fourth-order valence-corrected chi connectivity index (χ4v) is 1.94. The summed E-state index contributed by atoms with van der Waals surface area (Å²) in [5.41, 5.74) is 1.23. The van der Waals surface area contributed by atoms with E-state index in [9.17, 15) is 9.59 Å². The van der Waals surface area contributed by atoms with Crippen LogP contribution in [0, 0.1) is 0 Å². The van der Waals surface area contributed by atoms with Crippen LogP contribution >= 0.6 is 0 Å². The van der Waals surface area contributed by atoms with Crippen LogP contribution in [0.25, 0.3) is 0 Å². The zero-order chi connectivity index (χ0) is 15.1. The van der Waals surface area contributed by atoms with E-state index < -0.39 is 5.97 Å². The number of aliphatic carboxylic acids is 1. The van der Waals surface area contributed by atoms with Gasteiger partial charge in [-0.05, 0) is 32.4 Å². The summed E-state index contributed by atoms with van der Waals surface area (Å²) in [6, 6.07) is 3.76. The Bertz CT molecular complexity index is 474. The Morgan fingerprint density at radius 1 is 1.45 bits per heavy atom. The van der Waals surface area contributed by atoms with E-state index in [1.165, 1.54) is 0 Å². The lowest BCUT2D eigenvalue weighted by atomic mass is 10.2. The van der Waals surface area contributed by atoms with Crippen LogP contribution in [0.5, 0.6) is 0 Å². The SMILES string of the molecule is CNC(=O)c1cc(N(CCCC(=O)O)C(C)C)ccn1. The average Bonchev–Trinajstić information content (AvgIpc) is 2.42. The summed E-state index contributed by atoms with van der Waals surface area (Å²) < 4.78 is 0. The molecule has 0 aromatic carbocycles. The lowest BCUT2D eigenvalue weighted by molar-refractivity contribution is -0.137. The molecule has 110 valence electrons. The van der Waals surface area contributed by atoms with Crippen molar-refractivity contribution < 1.29 is 14.7 Å². The Kier molecular flexibility index (Phi) is 5.96. The number of carboxylic acid groups (broad SMARTS) is 1. The third-order valence-electron chi connectivity index (χ3n) is 2.95. The van der Waals surface area contributed by atoms with Crippen molar-refractivity contribution in [2.75, 3.05) is 18.5 Å². The van der Waals surface area contributed by atoms with Crippen LogP contribution in [0.3, 0.4) is 0 Å². The molecular weight excluding hydrogens is 258 g/mol. The van der Waals surface area contributed by atoms with Crippen LogP contribution < -0.4 is 10.2 Å². The summed E-state index contributed by atoms with van der Waals surface area (Å²) in [4.78, 5) is 28.3. The molecule has 0 fully saturated rings. The average molecular weight is 279 g/mol. The van der Waals surface area contributed by atoms with Gasteiger partial charge in [-0.1, -0.05) is 0 Å². The molecule has 0 saturated carbocycles. The number of nitrogens with one attached hydrogen (secondary N) is 1. The van der Waals surface area contributed by atoms with Crippen molar-refractivity contribution in [2.24, 2.45) is 0 Å². The second-order valence-corrected chi connectivity index (χ2v) is 4.76. The largest absolute Gasteiger partial charge is 0.481 e. The normalized spacial score (nSPS) is 10.4. The van der Waals surface area contributed by atoms with Gasteiger partial charge in [-0.25, -0.2) is 0 Å². The molecular formula is C14H21N3O3. The zero-order valence-electron chi connectivity index (χ0n) is 12.1. The topological polar surface area (TPSA) is 82.5 Å². The summed E-state index contributed by atoms with van der Waals surface area (Å²) in [6.07, 6.45) is 2.29. The number of carboxylic acids is 1. The predicted molar refractivity (Wildman–Crippen MR) is 77.0 cm³/mol. The fraction of sp³-hybridized carbons (Fsp3) is 0.500. The number of nitrogens with zero attached hydrogens (tertiary/aromatic N) is 2. The maximum absolute atomic E-state index is 11.6. The maximum Gasteiger partial charge on any atom is 0.303 e. The van der Waals surface area contributed by atoms with Gasteiger partial charge in [0.15, 0.2) is 0 Å². The summed E-state index contributed by atoms with van der Waals surface area (Å²) in [7, 11) is 1.56. The van der Waals surface area contributed by atoms with Crippen LogP contribution in [0.15, 0.2) is 18.3 Å². The van der Waals surface area contributed by atoms with Crippen molar-refractivity contribution in [3.63, 3.8) is 0 Å². The van der Waals surface area contributed by atoms with Gasteiger partial charge in [-0.2, -0.15) is 0 Å². The molecule has 1 heterocycles. The molecule has 0 aliphatic heterocycles. The molecule has 0 aliphatic carbocycles.